The van der Waals surface area contributed by atoms with Crippen molar-refractivity contribution in [2.45, 2.75) is 84.5 Å². The van der Waals surface area contributed by atoms with E-state index in [2.05, 4.69) is 13.8 Å². The van der Waals surface area contributed by atoms with Crippen LogP contribution in [-0.2, 0) is 0 Å². The Morgan fingerprint density at radius 1 is 0.941 bits per heavy atom. The smallest absolute Gasteiger partial charge is 0.0386 e. The first-order valence-corrected chi connectivity index (χ1v) is 8.29. The lowest BCUT2D eigenvalue weighted by Gasteiger charge is -2.25. The number of hydrogen-bond acceptors (Lipinski definition) is 0. The van der Waals surface area contributed by atoms with Crippen LogP contribution in [0.25, 0.3) is 0 Å². The van der Waals surface area contributed by atoms with Crippen LogP contribution < -0.4 is 0 Å². The summed E-state index contributed by atoms with van der Waals surface area (Å²) in [6, 6.07) is 0. The molecule has 0 aliphatic heterocycles. The average Bonchev–Trinajstić information content (AvgIpc) is 2.86. The maximum absolute atomic E-state index is 2.53. The minimum absolute atomic E-state index is 1.01. The minimum atomic E-state index is 1.01. The summed E-state index contributed by atoms with van der Waals surface area (Å²) in [5, 5.41) is 0. The fraction of sp³-hybridized carbons (Fsp3) is 1.00. The van der Waals surface area contributed by atoms with Gasteiger partial charge in [0.25, 0.3) is 0 Å². The summed E-state index contributed by atoms with van der Waals surface area (Å²) in [6.07, 6.45) is 16.7. The molecule has 100 valence electrons. The molecule has 2 saturated carbocycles. The standard InChI is InChI=1S/C17H32/c1-3-15-11-12-17(13-15)14(2)9-10-16-7-5-4-6-8-16/h14-17H,3-13H2,1-2H3/t14-,15?,17?/m1/s1. The molecule has 0 amide bonds. The highest BCUT2D eigenvalue weighted by atomic mass is 14.3. The summed E-state index contributed by atoms with van der Waals surface area (Å²) < 4.78 is 0. The van der Waals surface area contributed by atoms with Crippen molar-refractivity contribution in [3.63, 3.8) is 0 Å². The van der Waals surface area contributed by atoms with Crippen LogP contribution in [0.3, 0.4) is 0 Å². The fourth-order valence-corrected chi connectivity index (χ4v) is 4.21. The van der Waals surface area contributed by atoms with Gasteiger partial charge in [-0.25, -0.2) is 0 Å². The topological polar surface area (TPSA) is 0 Å². The molecule has 0 aromatic rings. The molecule has 0 N–H and O–H groups in total. The van der Waals surface area contributed by atoms with Gasteiger partial charge in [-0.3, -0.25) is 0 Å². The predicted octanol–water partition coefficient (Wildman–Crippen LogP) is 5.81. The van der Waals surface area contributed by atoms with Gasteiger partial charge >= 0.3 is 0 Å². The summed E-state index contributed by atoms with van der Waals surface area (Å²) in [6.45, 7) is 4.91. The first-order chi connectivity index (χ1) is 8.29. The second kappa shape index (κ2) is 6.81. The second-order valence-corrected chi connectivity index (χ2v) is 6.91. The third-order valence-corrected chi connectivity index (χ3v) is 5.72. The highest BCUT2D eigenvalue weighted by molar-refractivity contribution is 4.79. The van der Waals surface area contributed by atoms with Crippen LogP contribution in [0, 0.1) is 23.7 Å². The van der Waals surface area contributed by atoms with Crippen molar-refractivity contribution in [2.75, 3.05) is 0 Å². The Morgan fingerprint density at radius 3 is 2.35 bits per heavy atom. The molecule has 2 rings (SSSR count). The molecule has 0 bridgehead atoms. The van der Waals surface area contributed by atoms with Crippen LogP contribution in [0.15, 0.2) is 0 Å². The lowest BCUT2D eigenvalue weighted by Crippen LogP contribution is -2.12. The Bertz CT molecular complexity index is 202. The van der Waals surface area contributed by atoms with E-state index >= 15 is 0 Å². The van der Waals surface area contributed by atoms with Crippen LogP contribution in [0.2, 0.25) is 0 Å². The van der Waals surface area contributed by atoms with Gasteiger partial charge in [-0.05, 0) is 36.5 Å². The largest absolute Gasteiger partial charge is 0.0651 e. The number of hydrogen-bond donors (Lipinski definition) is 0. The van der Waals surface area contributed by atoms with E-state index in [1.807, 2.05) is 0 Å². The Balaban J connectivity index is 1.64. The summed E-state index contributed by atoms with van der Waals surface area (Å²) in [4.78, 5) is 0. The molecule has 0 radical (unpaired) electrons. The summed E-state index contributed by atoms with van der Waals surface area (Å²) in [7, 11) is 0. The highest BCUT2D eigenvalue weighted by Gasteiger charge is 2.27. The van der Waals surface area contributed by atoms with E-state index in [-0.39, 0.29) is 0 Å². The van der Waals surface area contributed by atoms with Crippen LogP contribution in [-0.4, -0.2) is 0 Å². The minimum Gasteiger partial charge on any atom is -0.0651 e. The van der Waals surface area contributed by atoms with E-state index in [9.17, 15) is 0 Å². The normalized spacial score (nSPS) is 32.8. The Morgan fingerprint density at radius 2 is 1.71 bits per heavy atom. The molecule has 0 aromatic carbocycles. The quantitative estimate of drug-likeness (QED) is 0.565. The molecule has 2 aliphatic carbocycles. The second-order valence-electron chi connectivity index (χ2n) is 6.91. The SMILES string of the molecule is CCC1CCC([C@H](C)CCC2CCCCC2)C1. The molecule has 3 atom stereocenters. The van der Waals surface area contributed by atoms with Crippen LogP contribution >= 0.6 is 0 Å². The monoisotopic (exact) mass is 236 g/mol. The molecule has 0 heterocycles. The van der Waals surface area contributed by atoms with Crippen molar-refractivity contribution >= 4 is 0 Å². The van der Waals surface area contributed by atoms with E-state index in [1.165, 1.54) is 64.2 Å². The molecule has 2 aliphatic rings. The van der Waals surface area contributed by atoms with Crippen molar-refractivity contribution in [1.82, 2.24) is 0 Å². The maximum atomic E-state index is 2.53. The first kappa shape index (κ1) is 13.4. The molecule has 17 heavy (non-hydrogen) atoms. The van der Waals surface area contributed by atoms with Crippen LogP contribution in [0.1, 0.15) is 84.5 Å². The molecule has 0 spiro atoms. The Kier molecular flexibility index (Phi) is 5.38. The van der Waals surface area contributed by atoms with Gasteiger partial charge in [0.15, 0.2) is 0 Å². The zero-order valence-electron chi connectivity index (χ0n) is 12.1. The van der Waals surface area contributed by atoms with E-state index in [1.54, 1.807) is 6.42 Å². The third-order valence-electron chi connectivity index (χ3n) is 5.72. The molecular formula is C17H32. The molecule has 2 unspecified atom stereocenters. The predicted molar refractivity (Wildman–Crippen MR) is 76.1 cm³/mol. The molecule has 0 nitrogen and oxygen atoms in total. The highest BCUT2D eigenvalue weighted by Crippen LogP contribution is 2.40. The zero-order chi connectivity index (χ0) is 12.1. The molecular weight excluding hydrogens is 204 g/mol. The lowest BCUT2D eigenvalue weighted by molar-refractivity contribution is 0.270. The van der Waals surface area contributed by atoms with E-state index < -0.39 is 0 Å². The summed E-state index contributed by atoms with van der Waals surface area (Å²) >= 11 is 0. The molecule has 2 fully saturated rings. The summed E-state index contributed by atoms with van der Waals surface area (Å²) in [5.74, 6) is 4.24. The van der Waals surface area contributed by atoms with Gasteiger partial charge in [0.1, 0.15) is 0 Å². The van der Waals surface area contributed by atoms with Crippen molar-refractivity contribution in [3.05, 3.63) is 0 Å². The molecule has 0 aromatic heterocycles. The van der Waals surface area contributed by atoms with Gasteiger partial charge in [-0.2, -0.15) is 0 Å². The van der Waals surface area contributed by atoms with Gasteiger partial charge < -0.3 is 0 Å². The van der Waals surface area contributed by atoms with Crippen LogP contribution in [0.5, 0.6) is 0 Å². The van der Waals surface area contributed by atoms with Gasteiger partial charge in [0.05, 0.1) is 0 Å². The summed E-state index contributed by atoms with van der Waals surface area (Å²) in [5.41, 5.74) is 0. The Labute approximate surface area is 109 Å². The van der Waals surface area contributed by atoms with Gasteiger partial charge in [-0.15, -0.1) is 0 Å². The van der Waals surface area contributed by atoms with E-state index in [0.717, 1.165) is 23.7 Å². The maximum Gasteiger partial charge on any atom is -0.0386 e. The van der Waals surface area contributed by atoms with Crippen LogP contribution in [0.4, 0.5) is 0 Å². The lowest BCUT2D eigenvalue weighted by atomic mass is 9.81. The third kappa shape index (κ3) is 4.00. The molecule has 0 saturated heterocycles. The van der Waals surface area contributed by atoms with Crippen molar-refractivity contribution in [2.24, 2.45) is 23.7 Å². The zero-order valence-corrected chi connectivity index (χ0v) is 12.1. The Hall–Kier alpha value is 0. The molecule has 0 heteroatoms. The van der Waals surface area contributed by atoms with Crippen molar-refractivity contribution < 1.29 is 0 Å². The van der Waals surface area contributed by atoms with E-state index in [4.69, 9.17) is 0 Å². The van der Waals surface area contributed by atoms with Crippen molar-refractivity contribution in [1.29, 1.82) is 0 Å². The number of rotatable bonds is 5. The van der Waals surface area contributed by atoms with E-state index in [0.29, 0.717) is 0 Å². The first-order valence-electron chi connectivity index (χ1n) is 8.29. The average molecular weight is 236 g/mol. The van der Waals surface area contributed by atoms with Gasteiger partial charge in [0, 0.05) is 0 Å². The fourth-order valence-electron chi connectivity index (χ4n) is 4.21. The van der Waals surface area contributed by atoms with Crippen molar-refractivity contribution in [3.8, 4) is 0 Å². The van der Waals surface area contributed by atoms with Gasteiger partial charge in [-0.1, -0.05) is 71.6 Å². The van der Waals surface area contributed by atoms with Gasteiger partial charge in [0.2, 0.25) is 0 Å².